The van der Waals surface area contributed by atoms with Gasteiger partial charge in [0.05, 0.1) is 5.56 Å². The number of carbonyl (C=O) groups is 3. The number of benzene rings is 2. The van der Waals surface area contributed by atoms with E-state index in [4.69, 9.17) is 5.73 Å². The summed E-state index contributed by atoms with van der Waals surface area (Å²) in [4.78, 5) is 35.2. The van der Waals surface area contributed by atoms with E-state index in [1.54, 1.807) is 19.1 Å². The van der Waals surface area contributed by atoms with Crippen molar-refractivity contribution in [3.05, 3.63) is 64.7 Å². The smallest absolute Gasteiger partial charge is 0.373 e. The molecule has 7 nitrogen and oxygen atoms in total. The van der Waals surface area contributed by atoms with Crippen molar-refractivity contribution in [3.8, 4) is 0 Å². The van der Waals surface area contributed by atoms with Crippen LogP contribution in [0, 0.1) is 6.92 Å². The van der Waals surface area contributed by atoms with Crippen LogP contribution in [0.4, 0.5) is 10.5 Å². The Hall–Kier alpha value is -3.19. The van der Waals surface area contributed by atoms with Crippen LogP contribution in [-0.4, -0.2) is 24.5 Å². The number of amides is 2. The van der Waals surface area contributed by atoms with Crippen molar-refractivity contribution in [2.45, 2.75) is 19.4 Å². The molecule has 1 aliphatic rings. The summed E-state index contributed by atoms with van der Waals surface area (Å²) >= 11 is 0. The van der Waals surface area contributed by atoms with Crippen LogP contribution >= 0.6 is 0 Å². The summed E-state index contributed by atoms with van der Waals surface area (Å²) in [6.07, 6.45) is -0.274. The molecular formula is C19H19N3O4. The molecule has 4 N–H and O–H groups in total. The Kier molecular flexibility index (Phi) is 4.99. The van der Waals surface area contributed by atoms with Gasteiger partial charge in [-0.05, 0) is 48.2 Å². The number of aryl methyl sites for hydroxylation is 1. The molecule has 0 aromatic heterocycles. The predicted octanol–water partition coefficient (Wildman–Crippen LogP) is 2.06. The first-order valence-electron chi connectivity index (χ1n) is 8.20. The number of anilines is 1. The predicted molar refractivity (Wildman–Crippen MR) is 95.7 cm³/mol. The molecule has 7 heteroatoms. The zero-order valence-corrected chi connectivity index (χ0v) is 14.2. The number of hydrogen-bond acceptors (Lipinski definition) is 5. The van der Waals surface area contributed by atoms with E-state index in [2.05, 4.69) is 15.4 Å². The molecule has 0 radical (unpaired) electrons. The third kappa shape index (κ3) is 3.73. The number of nitrogens with two attached hydrogens (primary N) is 1. The number of rotatable bonds is 3. The van der Waals surface area contributed by atoms with Gasteiger partial charge in [-0.15, -0.1) is 0 Å². The number of carbonyl (C=O) groups excluding carboxylic acids is 3. The molecule has 0 aliphatic carbocycles. The second kappa shape index (κ2) is 7.37. The summed E-state index contributed by atoms with van der Waals surface area (Å²) in [7, 11) is 0. The average molecular weight is 353 g/mol. The Morgan fingerprint density at radius 1 is 1.19 bits per heavy atom. The highest BCUT2D eigenvalue weighted by molar-refractivity contribution is 5.99. The van der Waals surface area contributed by atoms with Crippen LogP contribution in [0.1, 0.15) is 33.1 Å². The summed E-state index contributed by atoms with van der Waals surface area (Å²) in [5.41, 5.74) is 8.30. The van der Waals surface area contributed by atoms with Crippen molar-refractivity contribution >= 4 is 23.7 Å². The molecule has 26 heavy (non-hydrogen) atoms. The highest BCUT2D eigenvalue weighted by atomic mass is 16.6. The van der Waals surface area contributed by atoms with Crippen molar-refractivity contribution in [1.29, 1.82) is 0 Å². The highest BCUT2D eigenvalue weighted by Crippen LogP contribution is 2.24. The minimum absolute atomic E-state index is 0.177. The van der Waals surface area contributed by atoms with Crippen molar-refractivity contribution in [3.63, 3.8) is 0 Å². The summed E-state index contributed by atoms with van der Waals surface area (Å²) in [6, 6.07) is 12.1. The number of esters is 1. The average Bonchev–Trinajstić information content (AvgIpc) is 2.60. The number of fused-ring (bicyclic) bond motifs is 1. The van der Waals surface area contributed by atoms with Gasteiger partial charge in [-0.1, -0.05) is 24.3 Å². The monoisotopic (exact) mass is 353 g/mol. The van der Waals surface area contributed by atoms with E-state index in [0.717, 1.165) is 24.1 Å². The lowest BCUT2D eigenvalue weighted by atomic mass is 9.94. The lowest BCUT2D eigenvalue weighted by Crippen LogP contribution is -2.38. The van der Waals surface area contributed by atoms with Gasteiger partial charge in [-0.2, -0.15) is 0 Å². The highest BCUT2D eigenvalue weighted by Gasteiger charge is 2.26. The van der Waals surface area contributed by atoms with Crippen LogP contribution in [0.5, 0.6) is 0 Å². The first-order chi connectivity index (χ1) is 12.5. The lowest BCUT2D eigenvalue weighted by Gasteiger charge is -2.26. The quantitative estimate of drug-likeness (QED) is 0.578. The van der Waals surface area contributed by atoms with Gasteiger partial charge in [0.2, 0.25) is 5.91 Å². The number of primary amides is 1. The third-order valence-electron chi connectivity index (χ3n) is 4.28. The van der Waals surface area contributed by atoms with Crippen molar-refractivity contribution in [2.75, 3.05) is 11.9 Å². The Labute approximate surface area is 150 Å². The molecule has 1 heterocycles. The summed E-state index contributed by atoms with van der Waals surface area (Å²) in [5.74, 6) is -1.00. The van der Waals surface area contributed by atoms with Crippen LogP contribution in [-0.2, 0) is 16.0 Å². The molecule has 0 saturated carbocycles. The van der Waals surface area contributed by atoms with Crippen LogP contribution in [0.25, 0.3) is 0 Å². The van der Waals surface area contributed by atoms with Crippen LogP contribution < -0.4 is 16.4 Å². The number of nitrogens with one attached hydrogen (secondary N) is 2. The molecule has 2 amide bonds. The molecule has 0 fully saturated rings. The van der Waals surface area contributed by atoms with Gasteiger partial charge in [0.1, 0.15) is 6.04 Å². The molecule has 0 bridgehead atoms. The second-order valence-electron chi connectivity index (χ2n) is 6.06. The minimum atomic E-state index is -1.16. The SMILES string of the molecule is Cc1cc(NC(=O)C2NCCc3ccccc32)ccc1C(=O)OC(N)=O. The fourth-order valence-corrected chi connectivity index (χ4v) is 3.07. The van der Waals surface area contributed by atoms with Gasteiger partial charge in [0.25, 0.3) is 0 Å². The van der Waals surface area contributed by atoms with Gasteiger partial charge in [0.15, 0.2) is 0 Å². The van der Waals surface area contributed by atoms with Crippen molar-refractivity contribution in [2.24, 2.45) is 5.73 Å². The van der Waals surface area contributed by atoms with Gasteiger partial charge >= 0.3 is 12.1 Å². The maximum Gasteiger partial charge on any atom is 0.412 e. The first kappa shape index (κ1) is 17.6. The number of ether oxygens (including phenoxy) is 1. The first-order valence-corrected chi connectivity index (χ1v) is 8.20. The summed E-state index contributed by atoms with van der Waals surface area (Å²) in [6.45, 7) is 2.41. The van der Waals surface area contributed by atoms with Gasteiger partial charge < -0.3 is 21.1 Å². The molecule has 2 aromatic carbocycles. The summed E-state index contributed by atoms with van der Waals surface area (Å²) < 4.78 is 4.37. The van der Waals surface area contributed by atoms with E-state index in [-0.39, 0.29) is 11.5 Å². The second-order valence-corrected chi connectivity index (χ2v) is 6.06. The standard InChI is InChI=1S/C19H19N3O4/c1-11-10-13(6-7-14(11)18(24)26-19(20)25)22-17(23)16-15-5-3-2-4-12(15)8-9-21-16/h2-7,10,16,21H,8-9H2,1H3,(H2,20,25)(H,22,23). The van der Waals surface area contributed by atoms with Crippen molar-refractivity contribution in [1.82, 2.24) is 5.32 Å². The Balaban J connectivity index is 1.76. The topological polar surface area (TPSA) is 111 Å². The molecule has 3 rings (SSSR count). The molecule has 0 spiro atoms. The maximum absolute atomic E-state index is 12.7. The zero-order valence-electron chi connectivity index (χ0n) is 14.2. The molecule has 0 saturated heterocycles. The fourth-order valence-electron chi connectivity index (χ4n) is 3.07. The molecule has 1 aliphatic heterocycles. The van der Waals surface area contributed by atoms with Gasteiger partial charge in [-0.25, -0.2) is 9.59 Å². The number of hydrogen-bond donors (Lipinski definition) is 3. The van der Waals surface area contributed by atoms with Crippen LogP contribution in [0.2, 0.25) is 0 Å². The molecule has 1 atom stereocenters. The van der Waals surface area contributed by atoms with E-state index in [0.29, 0.717) is 11.3 Å². The molecular weight excluding hydrogens is 334 g/mol. The Morgan fingerprint density at radius 2 is 1.96 bits per heavy atom. The third-order valence-corrected chi connectivity index (χ3v) is 4.28. The Bertz CT molecular complexity index is 879. The lowest BCUT2D eigenvalue weighted by molar-refractivity contribution is -0.118. The fraction of sp³-hybridized carbons (Fsp3) is 0.211. The van der Waals surface area contributed by atoms with Gasteiger partial charge in [0, 0.05) is 12.2 Å². The normalized spacial score (nSPS) is 15.7. The minimum Gasteiger partial charge on any atom is -0.373 e. The van der Waals surface area contributed by atoms with E-state index < -0.39 is 18.1 Å². The molecule has 2 aromatic rings. The van der Waals surface area contributed by atoms with Crippen molar-refractivity contribution < 1.29 is 19.1 Å². The van der Waals surface area contributed by atoms with E-state index in [1.165, 1.54) is 6.07 Å². The zero-order chi connectivity index (χ0) is 18.7. The van der Waals surface area contributed by atoms with E-state index in [1.807, 2.05) is 24.3 Å². The van der Waals surface area contributed by atoms with E-state index >= 15 is 0 Å². The molecule has 1 unspecified atom stereocenters. The van der Waals surface area contributed by atoms with Crippen LogP contribution in [0.15, 0.2) is 42.5 Å². The summed E-state index contributed by atoms with van der Waals surface area (Å²) in [5, 5.41) is 6.08. The Morgan fingerprint density at radius 3 is 2.69 bits per heavy atom. The van der Waals surface area contributed by atoms with Crippen LogP contribution in [0.3, 0.4) is 0 Å². The van der Waals surface area contributed by atoms with Gasteiger partial charge in [-0.3, -0.25) is 4.79 Å². The van der Waals surface area contributed by atoms with E-state index in [9.17, 15) is 14.4 Å². The largest absolute Gasteiger partial charge is 0.412 e. The molecule has 134 valence electrons. The maximum atomic E-state index is 12.7.